The Labute approximate surface area is 152 Å². The van der Waals surface area contributed by atoms with E-state index in [4.69, 9.17) is 23.2 Å². The molecule has 3 N–H and O–H groups in total. The van der Waals surface area contributed by atoms with Crippen LogP contribution in [0.15, 0.2) is 18.2 Å². The minimum Gasteiger partial charge on any atom is -0.344 e. The Kier molecular flexibility index (Phi) is 6.35. The van der Waals surface area contributed by atoms with Crippen LogP contribution in [0.4, 0.5) is 5.69 Å². The summed E-state index contributed by atoms with van der Waals surface area (Å²) < 4.78 is 0. The summed E-state index contributed by atoms with van der Waals surface area (Å²) >= 11 is 11.9. The van der Waals surface area contributed by atoms with E-state index in [0.717, 1.165) is 6.42 Å². The van der Waals surface area contributed by atoms with Crippen molar-refractivity contribution in [2.24, 2.45) is 17.8 Å². The third-order valence-corrected chi connectivity index (χ3v) is 4.59. The lowest BCUT2D eigenvalue weighted by Gasteiger charge is -2.21. The van der Waals surface area contributed by atoms with Gasteiger partial charge in [0.2, 0.25) is 5.91 Å². The molecule has 0 heterocycles. The SMILES string of the molecule is CC(C)CC(NC(=O)C1CC1C)C(=O)NNc1ccc(Cl)cc1Cl. The van der Waals surface area contributed by atoms with Gasteiger partial charge in [-0.1, -0.05) is 44.0 Å². The van der Waals surface area contributed by atoms with E-state index in [1.807, 2.05) is 20.8 Å². The molecule has 0 spiro atoms. The highest BCUT2D eigenvalue weighted by Gasteiger charge is 2.40. The van der Waals surface area contributed by atoms with Crippen molar-refractivity contribution in [3.8, 4) is 0 Å². The lowest BCUT2D eigenvalue weighted by molar-refractivity contribution is -0.129. The zero-order valence-corrected chi connectivity index (χ0v) is 15.5. The predicted octanol–water partition coefficient (Wildman–Crippen LogP) is 3.62. The normalized spacial score (nSPS) is 20.4. The minimum absolute atomic E-state index is 0.0335. The molecule has 24 heavy (non-hydrogen) atoms. The van der Waals surface area contributed by atoms with Gasteiger partial charge in [0.25, 0.3) is 5.91 Å². The quantitative estimate of drug-likeness (QED) is 0.641. The molecular weight excluding hydrogens is 349 g/mol. The molecule has 1 saturated carbocycles. The van der Waals surface area contributed by atoms with Crippen LogP contribution in [0.5, 0.6) is 0 Å². The summed E-state index contributed by atoms with van der Waals surface area (Å²) in [5, 5.41) is 3.77. The maximum atomic E-state index is 12.4. The van der Waals surface area contributed by atoms with E-state index >= 15 is 0 Å². The maximum Gasteiger partial charge on any atom is 0.260 e. The topological polar surface area (TPSA) is 70.2 Å². The van der Waals surface area contributed by atoms with Crippen molar-refractivity contribution in [3.63, 3.8) is 0 Å². The van der Waals surface area contributed by atoms with Gasteiger partial charge in [0, 0.05) is 10.9 Å². The van der Waals surface area contributed by atoms with Gasteiger partial charge in [0.15, 0.2) is 0 Å². The van der Waals surface area contributed by atoms with Gasteiger partial charge in [-0.2, -0.15) is 0 Å². The molecule has 3 unspecified atom stereocenters. The first kappa shape index (κ1) is 18.9. The number of hydrazine groups is 1. The number of nitrogens with one attached hydrogen (secondary N) is 3. The molecule has 1 aliphatic rings. The molecule has 1 aromatic rings. The van der Waals surface area contributed by atoms with Gasteiger partial charge in [0.1, 0.15) is 6.04 Å². The molecule has 1 aliphatic carbocycles. The molecule has 132 valence electrons. The number of anilines is 1. The first-order valence-electron chi connectivity index (χ1n) is 8.09. The largest absolute Gasteiger partial charge is 0.344 e. The molecule has 1 aromatic carbocycles. The van der Waals surface area contributed by atoms with Gasteiger partial charge in [-0.25, -0.2) is 0 Å². The molecule has 0 saturated heterocycles. The van der Waals surface area contributed by atoms with Crippen LogP contribution >= 0.6 is 23.2 Å². The highest BCUT2D eigenvalue weighted by molar-refractivity contribution is 6.36. The van der Waals surface area contributed by atoms with Crippen LogP contribution in [0.1, 0.15) is 33.6 Å². The number of benzene rings is 1. The molecule has 0 aliphatic heterocycles. The van der Waals surface area contributed by atoms with Crippen molar-refractivity contribution < 1.29 is 9.59 Å². The number of carbonyl (C=O) groups excluding carboxylic acids is 2. The Morgan fingerprint density at radius 1 is 1.29 bits per heavy atom. The molecular formula is C17H23Cl2N3O2. The Morgan fingerprint density at radius 3 is 2.50 bits per heavy atom. The average molecular weight is 372 g/mol. The summed E-state index contributed by atoms with van der Waals surface area (Å²) in [6.45, 7) is 6.05. The van der Waals surface area contributed by atoms with Crippen molar-refractivity contribution in [1.29, 1.82) is 0 Å². The summed E-state index contributed by atoms with van der Waals surface area (Å²) in [5.41, 5.74) is 5.93. The second-order valence-corrected chi connectivity index (χ2v) is 7.59. The maximum absolute atomic E-state index is 12.4. The van der Waals surface area contributed by atoms with Crippen molar-refractivity contribution in [2.75, 3.05) is 5.43 Å². The van der Waals surface area contributed by atoms with Gasteiger partial charge >= 0.3 is 0 Å². The molecule has 5 nitrogen and oxygen atoms in total. The van der Waals surface area contributed by atoms with Gasteiger partial charge in [-0.3, -0.25) is 20.4 Å². The second-order valence-electron chi connectivity index (χ2n) is 6.75. The zero-order valence-electron chi connectivity index (χ0n) is 14.0. The van der Waals surface area contributed by atoms with Crippen LogP contribution < -0.4 is 16.2 Å². The zero-order chi connectivity index (χ0) is 17.9. The summed E-state index contributed by atoms with van der Waals surface area (Å²) in [5.74, 6) is 0.367. The molecule has 0 radical (unpaired) electrons. The molecule has 2 amide bonds. The molecule has 1 fully saturated rings. The summed E-state index contributed by atoms with van der Waals surface area (Å²) in [6.07, 6.45) is 1.45. The van der Waals surface area contributed by atoms with Crippen molar-refractivity contribution >= 4 is 40.7 Å². The standard InChI is InChI=1S/C17H23Cl2N3O2/c1-9(2)6-15(20-16(23)12-7-10(12)3)17(24)22-21-14-5-4-11(18)8-13(14)19/h4-5,8-10,12,15,21H,6-7H2,1-3H3,(H,20,23)(H,22,24). The summed E-state index contributed by atoms with van der Waals surface area (Å²) in [7, 11) is 0. The third kappa shape index (κ3) is 5.28. The molecule has 3 atom stereocenters. The lowest BCUT2D eigenvalue weighted by atomic mass is 10.0. The fraction of sp³-hybridized carbons (Fsp3) is 0.529. The number of amides is 2. The predicted molar refractivity (Wildman–Crippen MR) is 96.9 cm³/mol. The minimum atomic E-state index is -0.580. The summed E-state index contributed by atoms with van der Waals surface area (Å²) in [4.78, 5) is 24.6. The van der Waals surface area contributed by atoms with Gasteiger partial charge in [0.05, 0.1) is 10.7 Å². The smallest absolute Gasteiger partial charge is 0.260 e. The van der Waals surface area contributed by atoms with E-state index in [-0.39, 0.29) is 23.7 Å². The van der Waals surface area contributed by atoms with Crippen molar-refractivity contribution in [1.82, 2.24) is 10.7 Å². The first-order chi connectivity index (χ1) is 11.3. The van der Waals surface area contributed by atoms with Gasteiger partial charge in [-0.05, 0) is 42.9 Å². The number of hydrogen-bond acceptors (Lipinski definition) is 3. The van der Waals surface area contributed by atoms with Crippen molar-refractivity contribution in [2.45, 2.75) is 39.7 Å². The van der Waals surface area contributed by atoms with Crippen molar-refractivity contribution in [3.05, 3.63) is 28.2 Å². The monoisotopic (exact) mass is 371 g/mol. The van der Waals surface area contributed by atoms with Crippen LogP contribution in [0, 0.1) is 17.8 Å². The number of rotatable bonds is 7. The Bertz CT molecular complexity index is 622. The fourth-order valence-electron chi connectivity index (χ4n) is 2.48. The fourth-order valence-corrected chi connectivity index (χ4v) is 2.93. The van der Waals surface area contributed by atoms with Gasteiger partial charge < -0.3 is 5.32 Å². The highest BCUT2D eigenvalue weighted by atomic mass is 35.5. The first-order valence-corrected chi connectivity index (χ1v) is 8.84. The highest BCUT2D eigenvalue weighted by Crippen LogP contribution is 2.37. The van der Waals surface area contributed by atoms with E-state index in [2.05, 4.69) is 16.2 Å². The molecule has 0 aromatic heterocycles. The van der Waals surface area contributed by atoms with Crippen LogP contribution in [0.25, 0.3) is 0 Å². The number of halogens is 2. The van der Waals surface area contributed by atoms with Crippen LogP contribution in [0.2, 0.25) is 10.0 Å². The van der Waals surface area contributed by atoms with E-state index < -0.39 is 6.04 Å². The Hall–Kier alpha value is -1.46. The van der Waals surface area contributed by atoms with E-state index in [1.54, 1.807) is 18.2 Å². The van der Waals surface area contributed by atoms with Crippen LogP contribution in [0.3, 0.4) is 0 Å². The lowest BCUT2D eigenvalue weighted by Crippen LogP contribution is -2.49. The Balaban J connectivity index is 1.95. The molecule has 7 heteroatoms. The van der Waals surface area contributed by atoms with E-state index in [0.29, 0.717) is 28.1 Å². The number of carbonyl (C=O) groups is 2. The Morgan fingerprint density at radius 2 is 1.96 bits per heavy atom. The third-order valence-electron chi connectivity index (χ3n) is 4.04. The summed E-state index contributed by atoms with van der Waals surface area (Å²) in [6, 6.07) is 4.35. The van der Waals surface area contributed by atoms with Crippen LogP contribution in [-0.4, -0.2) is 17.9 Å². The van der Waals surface area contributed by atoms with E-state index in [9.17, 15) is 9.59 Å². The average Bonchev–Trinajstić information content (AvgIpc) is 3.22. The van der Waals surface area contributed by atoms with E-state index in [1.165, 1.54) is 0 Å². The van der Waals surface area contributed by atoms with Gasteiger partial charge in [-0.15, -0.1) is 0 Å². The molecule has 2 rings (SSSR count). The number of hydrogen-bond donors (Lipinski definition) is 3. The molecule has 0 bridgehead atoms. The van der Waals surface area contributed by atoms with Crippen LogP contribution in [-0.2, 0) is 9.59 Å². The second kappa shape index (κ2) is 8.08.